The van der Waals surface area contributed by atoms with Crippen LogP contribution in [0.3, 0.4) is 0 Å². The number of hydrogen-bond acceptors (Lipinski definition) is 1. The van der Waals surface area contributed by atoms with Crippen molar-refractivity contribution in [1.82, 2.24) is 0 Å². The molecular formula is C23H29Cl2OP. The van der Waals surface area contributed by atoms with Gasteiger partial charge in [0.05, 0.1) is 6.10 Å². The van der Waals surface area contributed by atoms with Crippen LogP contribution in [0, 0.1) is 0 Å². The second kappa shape index (κ2) is 14.7. The molecule has 3 rings (SSSR count). The highest BCUT2D eigenvalue weighted by atomic mass is 35.5. The van der Waals surface area contributed by atoms with Crippen LogP contribution in [0.4, 0.5) is 0 Å². The first kappa shape index (κ1) is 25.6. The highest BCUT2D eigenvalue weighted by molar-refractivity contribution is 7.79. The SMILES string of the molecule is CCC(O)CC.Cl.Cl.c1ccc(P(c2ccccc2)c2ccccc2)cc1. The van der Waals surface area contributed by atoms with Gasteiger partial charge < -0.3 is 5.11 Å². The van der Waals surface area contributed by atoms with Gasteiger partial charge in [0.2, 0.25) is 0 Å². The number of aliphatic hydroxyl groups excluding tert-OH is 1. The Kier molecular flexibility index (Phi) is 13.9. The molecule has 27 heavy (non-hydrogen) atoms. The lowest BCUT2D eigenvalue weighted by Crippen LogP contribution is -2.20. The van der Waals surface area contributed by atoms with Gasteiger partial charge in [-0.05, 0) is 36.7 Å². The van der Waals surface area contributed by atoms with E-state index in [9.17, 15) is 0 Å². The first-order valence-corrected chi connectivity index (χ1v) is 10.2. The lowest BCUT2D eigenvalue weighted by Gasteiger charge is -2.18. The van der Waals surface area contributed by atoms with E-state index < -0.39 is 7.92 Å². The Labute approximate surface area is 177 Å². The van der Waals surface area contributed by atoms with Gasteiger partial charge in [-0.3, -0.25) is 0 Å². The minimum Gasteiger partial charge on any atom is -0.393 e. The monoisotopic (exact) mass is 422 g/mol. The topological polar surface area (TPSA) is 20.2 Å². The molecule has 0 saturated carbocycles. The molecule has 0 aliphatic rings. The smallest absolute Gasteiger partial charge is 0.0535 e. The van der Waals surface area contributed by atoms with Crippen molar-refractivity contribution in [2.45, 2.75) is 32.8 Å². The van der Waals surface area contributed by atoms with Gasteiger partial charge >= 0.3 is 0 Å². The van der Waals surface area contributed by atoms with E-state index in [1.165, 1.54) is 15.9 Å². The van der Waals surface area contributed by atoms with Gasteiger partial charge in [0.25, 0.3) is 0 Å². The van der Waals surface area contributed by atoms with Crippen molar-refractivity contribution in [3.05, 3.63) is 91.0 Å². The molecule has 1 N–H and O–H groups in total. The third kappa shape index (κ3) is 8.45. The molecule has 3 aromatic rings. The lowest BCUT2D eigenvalue weighted by molar-refractivity contribution is 0.166. The van der Waals surface area contributed by atoms with Gasteiger partial charge in [0.15, 0.2) is 0 Å². The van der Waals surface area contributed by atoms with Crippen LogP contribution in [0.5, 0.6) is 0 Å². The van der Waals surface area contributed by atoms with E-state index in [1.54, 1.807) is 0 Å². The van der Waals surface area contributed by atoms with Crippen LogP contribution in [0.15, 0.2) is 91.0 Å². The number of aliphatic hydroxyl groups is 1. The van der Waals surface area contributed by atoms with Crippen molar-refractivity contribution >= 4 is 48.6 Å². The Balaban J connectivity index is 0.000000744. The Bertz CT molecular complexity index is 610. The molecule has 0 fully saturated rings. The second-order valence-corrected chi connectivity index (χ2v) is 8.03. The van der Waals surface area contributed by atoms with Crippen LogP contribution in [0.1, 0.15) is 26.7 Å². The van der Waals surface area contributed by atoms with Crippen molar-refractivity contribution < 1.29 is 5.11 Å². The first-order valence-electron chi connectivity index (χ1n) is 8.89. The second-order valence-electron chi connectivity index (χ2n) is 5.81. The number of benzene rings is 3. The number of halogens is 2. The van der Waals surface area contributed by atoms with Gasteiger partial charge in [-0.2, -0.15) is 0 Å². The summed E-state index contributed by atoms with van der Waals surface area (Å²) in [5.41, 5.74) is 0. The number of hydrogen-bond donors (Lipinski definition) is 1. The maximum atomic E-state index is 8.67. The minimum absolute atomic E-state index is 0. The summed E-state index contributed by atoms with van der Waals surface area (Å²) in [7, 11) is -0.446. The van der Waals surface area contributed by atoms with Gasteiger partial charge in [0, 0.05) is 0 Å². The maximum absolute atomic E-state index is 8.67. The van der Waals surface area contributed by atoms with Crippen molar-refractivity contribution in [3.63, 3.8) is 0 Å². The van der Waals surface area contributed by atoms with Gasteiger partial charge in [-0.1, -0.05) is 105 Å². The molecule has 0 spiro atoms. The summed E-state index contributed by atoms with van der Waals surface area (Å²) in [5.74, 6) is 0. The lowest BCUT2D eigenvalue weighted by atomic mass is 10.2. The molecule has 4 heteroatoms. The Hall–Kier alpha value is -1.37. The zero-order valence-corrected chi connectivity index (χ0v) is 18.4. The number of rotatable bonds is 5. The van der Waals surface area contributed by atoms with Crippen molar-refractivity contribution in [2.75, 3.05) is 0 Å². The quantitative estimate of drug-likeness (QED) is 0.541. The van der Waals surface area contributed by atoms with Gasteiger partial charge in [-0.25, -0.2) is 0 Å². The van der Waals surface area contributed by atoms with Crippen LogP contribution >= 0.6 is 32.7 Å². The Morgan fingerprint density at radius 2 is 0.852 bits per heavy atom. The zero-order chi connectivity index (χ0) is 17.9. The minimum atomic E-state index is -0.446. The standard InChI is InChI=1S/C18H15P.C5H12O.2ClH/c1-4-10-16(11-5-1)19(17-12-6-2-7-13-17)18-14-8-3-9-15-18;1-3-5(6)4-2;;/h1-15H;5-6H,3-4H2,1-2H3;2*1H. The van der Waals surface area contributed by atoms with Crippen molar-refractivity contribution in [3.8, 4) is 0 Å². The first-order chi connectivity index (χ1) is 12.3. The summed E-state index contributed by atoms with van der Waals surface area (Å²) in [6.07, 6.45) is 1.71. The molecule has 0 radical (unpaired) electrons. The predicted octanol–water partition coefficient (Wildman–Crippen LogP) is 5.46. The summed E-state index contributed by atoms with van der Waals surface area (Å²) >= 11 is 0. The van der Waals surface area contributed by atoms with Crippen LogP contribution in [-0.4, -0.2) is 11.2 Å². The maximum Gasteiger partial charge on any atom is 0.0535 e. The molecule has 3 aromatic carbocycles. The van der Waals surface area contributed by atoms with E-state index in [0.717, 1.165) is 12.8 Å². The van der Waals surface area contributed by atoms with Crippen molar-refractivity contribution in [2.24, 2.45) is 0 Å². The van der Waals surface area contributed by atoms with Crippen LogP contribution in [0.25, 0.3) is 0 Å². The summed E-state index contributed by atoms with van der Waals surface area (Å²) in [4.78, 5) is 0. The third-order valence-corrected chi connectivity index (χ3v) is 6.43. The largest absolute Gasteiger partial charge is 0.393 e. The highest BCUT2D eigenvalue weighted by Gasteiger charge is 2.14. The fourth-order valence-electron chi connectivity index (χ4n) is 2.47. The molecule has 0 unspecified atom stereocenters. The van der Waals surface area contributed by atoms with E-state index in [1.807, 2.05) is 13.8 Å². The molecule has 0 aromatic heterocycles. The average molecular weight is 423 g/mol. The van der Waals surface area contributed by atoms with Crippen molar-refractivity contribution in [1.29, 1.82) is 0 Å². The Morgan fingerprint density at radius 3 is 1.04 bits per heavy atom. The van der Waals surface area contributed by atoms with Crippen LogP contribution < -0.4 is 15.9 Å². The average Bonchev–Trinajstić information content (AvgIpc) is 2.70. The van der Waals surface area contributed by atoms with Gasteiger partial charge in [-0.15, -0.1) is 24.8 Å². The fraction of sp³-hybridized carbons (Fsp3) is 0.217. The molecule has 1 nitrogen and oxygen atoms in total. The molecule has 0 atom stereocenters. The zero-order valence-electron chi connectivity index (χ0n) is 15.9. The predicted molar refractivity (Wildman–Crippen MR) is 126 cm³/mol. The highest BCUT2D eigenvalue weighted by Crippen LogP contribution is 2.32. The van der Waals surface area contributed by atoms with Crippen LogP contribution in [0.2, 0.25) is 0 Å². The van der Waals surface area contributed by atoms with Crippen LogP contribution in [-0.2, 0) is 0 Å². The van der Waals surface area contributed by atoms with Gasteiger partial charge in [0.1, 0.15) is 0 Å². The van der Waals surface area contributed by atoms with E-state index >= 15 is 0 Å². The summed E-state index contributed by atoms with van der Waals surface area (Å²) in [5, 5.41) is 12.9. The normalized spacial score (nSPS) is 9.67. The molecule has 0 saturated heterocycles. The molecule has 0 bridgehead atoms. The molecule has 0 aliphatic heterocycles. The molecule has 0 aliphatic carbocycles. The van der Waals surface area contributed by atoms with E-state index in [0.29, 0.717) is 0 Å². The van der Waals surface area contributed by atoms with E-state index in [-0.39, 0.29) is 30.9 Å². The summed E-state index contributed by atoms with van der Waals surface area (Å²) < 4.78 is 0. The molecule has 0 heterocycles. The molecule has 0 amide bonds. The summed E-state index contributed by atoms with van der Waals surface area (Å²) in [6.45, 7) is 3.96. The Morgan fingerprint density at radius 1 is 0.593 bits per heavy atom. The molecule has 146 valence electrons. The third-order valence-electron chi connectivity index (χ3n) is 3.99. The summed E-state index contributed by atoms with van der Waals surface area (Å²) in [6, 6.07) is 32.3. The molecular weight excluding hydrogens is 394 g/mol. The van der Waals surface area contributed by atoms with E-state index in [4.69, 9.17) is 5.11 Å². The fourth-order valence-corrected chi connectivity index (χ4v) is 4.77. The van der Waals surface area contributed by atoms with E-state index in [2.05, 4.69) is 91.0 Å².